The highest BCUT2D eigenvalue weighted by atomic mass is 16.6. The standard InChI is InChI=1S/C40H75N3O9/c1-3-5-7-9-11-13-15-17-19-21-23-25-29-43(35(47)26-24-22-20-18-16-14-12-10-8-6-4-2)40(41)37(39(51)38(50)33(31-44)52-40)32(45)30-42-34(46)27-28-36(48)49/h33,37-39,44,50-51H,3-31,41H2,1-2H3,(H,42,46)(H,48,49)/t33-,37-,38-,39-,40+/m1/s1. The van der Waals surface area contributed by atoms with E-state index in [1.165, 1.54) is 94.8 Å². The molecular formula is C40H75N3O9. The van der Waals surface area contributed by atoms with Gasteiger partial charge in [-0.1, -0.05) is 149 Å². The fourth-order valence-electron chi connectivity index (χ4n) is 7.13. The van der Waals surface area contributed by atoms with E-state index >= 15 is 0 Å². The van der Waals surface area contributed by atoms with Gasteiger partial charge in [0.25, 0.3) is 0 Å². The van der Waals surface area contributed by atoms with E-state index in [0.29, 0.717) is 12.8 Å². The maximum Gasteiger partial charge on any atom is 0.303 e. The van der Waals surface area contributed by atoms with E-state index in [0.717, 1.165) is 44.9 Å². The summed E-state index contributed by atoms with van der Waals surface area (Å²) in [6, 6.07) is 0. The molecule has 1 aliphatic rings. The van der Waals surface area contributed by atoms with Gasteiger partial charge in [-0.15, -0.1) is 0 Å². The topological polar surface area (TPSA) is 200 Å². The summed E-state index contributed by atoms with van der Waals surface area (Å²) in [4.78, 5) is 51.9. The van der Waals surface area contributed by atoms with Crippen LogP contribution in [-0.4, -0.2) is 92.8 Å². The number of aliphatic hydroxyl groups is 3. The number of carboxylic acid groups (broad SMARTS) is 1. The second-order valence-electron chi connectivity index (χ2n) is 14.9. The summed E-state index contributed by atoms with van der Waals surface area (Å²) in [5, 5.41) is 43.2. The van der Waals surface area contributed by atoms with Gasteiger partial charge >= 0.3 is 5.97 Å². The minimum Gasteiger partial charge on any atom is -0.481 e. The summed E-state index contributed by atoms with van der Waals surface area (Å²) >= 11 is 0. The first-order chi connectivity index (χ1) is 25.0. The quantitative estimate of drug-likeness (QED) is 0.0337. The van der Waals surface area contributed by atoms with Crippen molar-refractivity contribution in [1.82, 2.24) is 10.2 Å². The molecule has 1 heterocycles. The molecule has 0 radical (unpaired) electrons. The van der Waals surface area contributed by atoms with Gasteiger partial charge in [-0.2, -0.15) is 0 Å². The zero-order chi connectivity index (χ0) is 38.6. The number of ketones is 1. The van der Waals surface area contributed by atoms with E-state index < -0.39 is 67.3 Å². The van der Waals surface area contributed by atoms with E-state index in [4.69, 9.17) is 15.6 Å². The Balaban J connectivity index is 2.93. The molecule has 1 rings (SSSR count). The molecule has 5 atom stereocenters. The number of nitrogens with zero attached hydrogens (tertiary/aromatic N) is 1. The van der Waals surface area contributed by atoms with Gasteiger partial charge in [0.05, 0.1) is 25.7 Å². The number of nitrogens with two attached hydrogens (primary N) is 1. The van der Waals surface area contributed by atoms with Crippen LogP contribution in [0.1, 0.15) is 181 Å². The summed E-state index contributed by atoms with van der Waals surface area (Å²) in [6.45, 7) is 3.27. The average molecular weight is 742 g/mol. The van der Waals surface area contributed by atoms with Gasteiger partial charge in [-0.25, -0.2) is 0 Å². The van der Waals surface area contributed by atoms with Crippen LogP contribution in [0, 0.1) is 5.92 Å². The van der Waals surface area contributed by atoms with E-state index in [-0.39, 0.29) is 25.3 Å². The van der Waals surface area contributed by atoms with Crippen LogP contribution < -0.4 is 11.1 Å². The molecule has 0 aromatic carbocycles. The second kappa shape index (κ2) is 29.3. The maximum atomic E-state index is 13.9. The van der Waals surface area contributed by atoms with Crippen molar-refractivity contribution in [3.63, 3.8) is 0 Å². The number of carboxylic acids is 1. The first kappa shape index (κ1) is 47.9. The van der Waals surface area contributed by atoms with Crippen molar-refractivity contribution < 1.29 is 44.3 Å². The van der Waals surface area contributed by atoms with Gasteiger partial charge < -0.3 is 35.4 Å². The number of ether oxygens (including phenoxy) is 1. The van der Waals surface area contributed by atoms with Gasteiger partial charge in [0.15, 0.2) is 5.78 Å². The lowest BCUT2D eigenvalue weighted by molar-refractivity contribution is -0.291. The Hall–Kier alpha value is -2.12. The predicted molar refractivity (Wildman–Crippen MR) is 203 cm³/mol. The molecule has 0 saturated carbocycles. The molecule has 12 nitrogen and oxygen atoms in total. The number of unbranched alkanes of at least 4 members (excludes halogenated alkanes) is 21. The third-order valence-electron chi connectivity index (χ3n) is 10.4. The summed E-state index contributed by atoms with van der Waals surface area (Å²) in [6.07, 6.45) is 20.4. The van der Waals surface area contributed by atoms with Crippen LogP contribution in [0.15, 0.2) is 0 Å². The Bertz CT molecular complexity index is 984. The van der Waals surface area contributed by atoms with Gasteiger partial charge in [-0.3, -0.25) is 24.9 Å². The van der Waals surface area contributed by atoms with E-state index in [2.05, 4.69) is 19.2 Å². The summed E-state index contributed by atoms with van der Waals surface area (Å²) in [5.41, 5.74) is 6.83. The lowest BCUT2D eigenvalue weighted by atomic mass is 9.82. The number of hydrogen-bond acceptors (Lipinski definition) is 9. The molecule has 304 valence electrons. The smallest absolute Gasteiger partial charge is 0.303 e. The lowest BCUT2D eigenvalue weighted by Gasteiger charge is -2.52. The number of hydrogen-bond donors (Lipinski definition) is 6. The van der Waals surface area contributed by atoms with E-state index in [9.17, 15) is 34.5 Å². The van der Waals surface area contributed by atoms with Crippen LogP contribution in [0.25, 0.3) is 0 Å². The number of amides is 2. The maximum absolute atomic E-state index is 13.9. The number of aliphatic carboxylic acids is 1. The molecule has 12 heteroatoms. The highest BCUT2D eigenvalue weighted by Crippen LogP contribution is 2.36. The van der Waals surface area contributed by atoms with Gasteiger partial charge in [-0.05, 0) is 12.8 Å². The molecule has 7 N–H and O–H groups in total. The first-order valence-electron chi connectivity index (χ1n) is 20.8. The molecule has 2 amide bonds. The summed E-state index contributed by atoms with van der Waals surface area (Å²) < 4.78 is 5.98. The SMILES string of the molecule is CCCCCCCCCCCCCCN(C(=O)CCCCCCCCCCCCC)[C@]1(N)O[C@H](CO)[C@@H](O)[C@H](O)[C@H]1C(=O)CNC(=O)CCC(=O)O. The Morgan fingerprint density at radius 1 is 0.654 bits per heavy atom. The van der Waals surface area contributed by atoms with Gasteiger partial charge in [0.2, 0.25) is 17.7 Å². The highest BCUT2D eigenvalue weighted by molar-refractivity contribution is 5.90. The third-order valence-corrected chi connectivity index (χ3v) is 10.4. The molecule has 0 aromatic heterocycles. The van der Waals surface area contributed by atoms with Crippen molar-refractivity contribution >= 4 is 23.6 Å². The van der Waals surface area contributed by atoms with Gasteiger partial charge in [0.1, 0.15) is 18.1 Å². The number of Topliss-reactive ketones (excluding diaryl/α,β-unsaturated/α-hetero) is 1. The third kappa shape index (κ3) is 19.3. The number of carbonyl (C=O) groups is 4. The lowest BCUT2D eigenvalue weighted by Crippen LogP contribution is -2.75. The molecule has 1 aliphatic heterocycles. The monoisotopic (exact) mass is 742 g/mol. The zero-order valence-corrected chi connectivity index (χ0v) is 32.7. The van der Waals surface area contributed by atoms with Crippen molar-refractivity contribution in [3.05, 3.63) is 0 Å². The number of nitrogens with one attached hydrogen (secondary N) is 1. The molecule has 0 unspecified atom stereocenters. The van der Waals surface area contributed by atoms with E-state index in [1.54, 1.807) is 0 Å². The molecule has 0 bridgehead atoms. The molecule has 0 aromatic rings. The predicted octanol–water partition coefficient (Wildman–Crippen LogP) is 6.11. The first-order valence-corrected chi connectivity index (χ1v) is 20.8. The van der Waals surface area contributed by atoms with Crippen molar-refractivity contribution in [2.45, 2.75) is 205 Å². The van der Waals surface area contributed by atoms with Crippen LogP contribution >= 0.6 is 0 Å². The molecule has 1 saturated heterocycles. The van der Waals surface area contributed by atoms with E-state index in [1.807, 2.05) is 0 Å². The second-order valence-corrected chi connectivity index (χ2v) is 14.9. The fraction of sp³-hybridized carbons (Fsp3) is 0.900. The van der Waals surface area contributed by atoms with Crippen LogP contribution in [0.5, 0.6) is 0 Å². The van der Waals surface area contributed by atoms with Crippen LogP contribution in [0.3, 0.4) is 0 Å². The van der Waals surface area contributed by atoms with Crippen LogP contribution in [-0.2, 0) is 23.9 Å². The highest BCUT2D eigenvalue weighted by Gasteiger charge is 2.58. The summed E-state index contributed by atoms with van der Waals surface area (Å²) in [5.74, 6) is -6.80. The largest absolute Gasteiger partial charge is 0.481 e. The molecule has 0 aliphatic carbocycles. The molecule has 52 heavy (non-hydrogen) atoms. The van der Waals surface area contributed by atoms with Crippen LogP contribution in [0.4, 0.5) is 0 Å². The molecule has 0 spiro atoms. The number of carbonyl (C=O) groups excluding carboxylic acids is 3. The number of aliphatic hydroxyl groups excluding tert-OH is 3. The van der Waals surface area contributed by atoms with Crippen LogP contribution in [0.2, 0.25) is 0 Å². The Morgan fingerprint density at radius 2 is 1.10 bits per heavy atom. The molecule has 1 fully saturated rings. The fourth-order valence-corrected chi connectivity index (χ4v) is 7.13. The van der Waals surface area contributed by atoms with Crippen molar-refractivity contribution in [1.29, 1.82) is 0 Å². The zero-order valence-electron chi connectivity index (χ0n) is 32.7. The molecular weight excluding hydrogens is 666 g/mol. The average Bonchev–Trinajstić information content (AvgIpc) is 3.12. The summed E-state index contributed by atoms with van der Waals surface area (Å²) in [7, 11) is 0. The van der Waals surface area contributed by atoms with Crippen molar-refractivity contribution in [2.24, 2.45) is 11.7 Å². The minimum atomic E-state index is -2.19. The Morgan fingerprint density at radius 3 is 1.54 bits per heavy atom. The van der Waals surface area contributed by atoms with Gasteiger partial charge in [0, 0.05) is 19.4 Å². The normalized spacial score (nSPS) is 21.6. The van der Waals surface area contributed by atoms with Crippen molar-refractivity contribution in [3.8, 4) is 0 Å². The Labute approximate surface area is 314 Å². The van der Waals surface area contributed by atoms with Crippen molar-refractivity contribution in [2.75, 3.05) is 19.7 Å². The minimum absolute atomic E-state index is 0.153. The Kier molecular flexibility index (Phi) is 27.0. The number of rotatable bonds is 33.